The van der Waals surface area contributed by atoms with Gasteiger partial charge in [-0.2, -0.15) is 0 Å². The summed E-state index contributed by atoms with van der Waals surface area (Å²) in [6.45, 7) is 1.89. The summed E-state index contributed by atoms with van der Waals surface area (Å²) in [5.41, 5.74) is 2.15. The second-order valence-electron chi connectivity index (χ2n) is 3.94. The largest absolute Gasteiger partial charge is 0.311 e. The zero-order valence-corrected chi connectivity index (χ0v) is 11.4. The van der Waals surface area contributed by atoms with E-state index in [0.717, 1.165) is 30.1 Å². The quantitative estimate of drug-likeness (QED) is 0.873. The number of hydrogen-bond acceptors (Lipinski definition) is 3. The van der Waals surface area contributed by atoms with Crippen LogP contribution in [0.3, 0.4) is 0 Å². The molecule has 0 saturated heterocycles. The molecule has 0 bridgehead atoms. The molecular formula is C12H10BrFN2S. The standard InChI is InChI=1S/C12H10BrFN2S/c13-8-5-7(1-2-9(8)14)12-16-10-3-4-15-6-11(10)17-12/h1-2,5,15H,3-4,6H2. The maximum absolute atomic E-state index is 13.2. The van der Waals surface area contributed by atoms with Gasteiger partial charge in [-0.05, 0) is 34.1 Å². The minimum absolute atomic E-state index is 0.239. The molecule has 3 rings (SSSR count). The molecule has 2 aromatic rings. The first-order chi connectivity index (χ1) is 8.24. The Bertz CT molecular complexity index is 544. The number of aromatic nitrogens is 1. The average molecular weight is 313 g/mol. The van der Waals surface area contributed by atoms with Gasteiger partial charge in [0, 0.05) is 30.0 Å². The van der Waals surface area contributed by atoms with Gasteiger partial charge in [0.15, 0.2) is 0 Å². The lowest BCUT2D eigenvalue weighted by atomic mass is 10.2. The van der Waals surface area contributed by atoms with Gasteiger partial charge in [0.2, 0.25) is 0 Å². The summed E-state index contributed by atoms with van der Waals surface area (Å²) in [5.74, 6) is -0.239. The van der Waals surface area contributed by atoms with Crippen LogP contribution in [0.15, 0.2) is 22.7 Å². The van der Waals surface area contributed by atoms with E-state index in [1.54, 1.807) is 23.5 Å². The van der Waals surface area contributed by atoms with Crippen LogP contribution in [-0.2, 0) is 13.0 Å². The number of thiazole rings is 1. The fourth-order valence-electron chi connectivity index (χ4n) is 1.88. The van der Waals surface area contributed by atoms with Crippen LogP contribution < -0.4 is 5.32 Å². The Kier molecular flexibility index (Phi) is 2.98. The van der Waals surface area contributed by atoms with Gasteiger partial charge in [0.25, 0.3) is 0 Å². The van der Waals surface area contributed by atoms with E-state index in [1.807, 2.05) is 0 Å². The number of nitrogens with one attached hydrogen (secondary N) is 1. The van der Waals surface area contributed by atoms with Crippen LogP contribution in [-0.4, -0.2) is 11.5 Å². The van der Waals surface area contributed by atoms with Crippen molar-refractivity contribution in [2.45, 2.75) is 13.0 Å². The van der Waals surface area contributed by atoms with E-state index < -0.39 is 0 Å². The van der Waals surface area contributed by atoms with Crippen molar-refractivity contribution >= 4 is 27.3 Å². The summed E-state index contributed by atoms with van der Waals surface area (Å²) in [7, 11) is 0. The van der Waals surface area contributed by atoms with Crippen molar-refractivity contribution in [3.63, 3.8) is 0 Å². The Morgan fingerprint density at radius 3 is 3.06 bits per heavy atom. The summed E-state index contributed by atoms with van der Waals surface area (Å²) in [6, 6.07) is 5.03. The maximum Gasteiger partial charge on any atom is 0.137 e. The average Bonchev–Trinajstić information content (AvgIpc) is 2.76. The van der Waals surface area contributed by atoms with Crippen LogP contribution in [0.4, 0.5) is 4.39 Å². The molecule has 1 aliphatic heterocycles. The maximum atomic E-state index is 13.2. The van der Waals surface area contributed by atoms with Crippen LogP contribution in [0.25, 0.3) is 10.6 Å². The van der Waals surface area contributed by atoms with Crippen molar-refractivity contribution in [1.82, 2.24) is 10.3 Å². The van der Waals surface area contributed by atoms with E-state index in [1.165, 1.54) is 16.6 Å². The van der Waals surface area contributed by atoms with E-state index in [0.29, 0.717) is 4.47 Å². The fraction of sp³-hybridized carbons (Fsp3) is 0.250. The van der Waals surface area contributed by atoms with Gasteiger partial charge < -0.3 is 5.32 Å². The fourth-order valence-corrected chi connectivity index (χ4v) is 3.33. The molecule has 1 aromatic carbocycles. The van der Waals surface area contributed by atoms with E-state index in [9.17, 15) is 4.39 Å². The highest BCUT2D eigenvalue weighted by atomic mass is 79.9. The van der Waals surface area contributed by atoms with Crippen molar-refractivity contribution in [1.29, 1.82) is 0 Å². The predicted octanol–water partition coefficient (Wildman–Crippen LogP) is 3.36. The van der Waals surface area contributed by atoms with Crippen molar-refractivity contribution in [3.8, 4) is 10.6 Å². The molecule has 1 aromatic heterocycles. The lowest BCUT2D eigenvalue weighted by molar-refractivity contribution is 0.621. The Morgan fingerprint density at radius 1 is 1.41 bits per heavy atom. The number of nitrogens with zero attached hydrogens (tertiary/aromatic N) is 1. The molecule has 2 heterocycles. The molecule has 0 atom stereocenters. The normalized spacial score (nSPS) is 14.7. The van der Waals surface area contributed by atoms with Gasteiger partial charge in [-0.15, -0.1) is 11.3 Å². The lowest BCUT2D eigenvalue weighted by Crippen LogP contribution is -2.22. The van der Waals surface area contributed by atoms with Gasteiger partial charge >= 0.3 is 0 Å². The first kappa shape index (κ1) is 11.3. The Balaban J connectivity index is 2.03. The van der Waals surface area contributed by atoms with E-state index in [4.69, 9.17) is 0 Å². The Hall–Kier alpha value is -0.780. The van der Waals surface area contributed by atoms with Crippen molar-refractivity contribution in [2.24, 2.45) is 0 Å². The van der Waals surface area contributed by atoms with E-state index in [-0.39, 0.29) is 5.82 Å². The molecule has 0 aliphatic carbocycles. The molecule has 2 nitrogen and oxygen atoms in total. The second kappa shape index (κ2) is 4.48. The number of benzene rings is 1. The van der Waals surface area contributed by atoms with Crippen LogP contribution in [0.5, 0.6) is 0 Å². The van der Waals surface area contributed by atoms with E-state index in [2.05, 4.69) is 26.2 Å². The predicted molar refractivity (Wildman–Crippen MR) is 70.6 cm³/mol. The van der Waals surface area contributed by atoms with Crippen LogP contribution in [0.2, 0.25) is 0 Å². The topological polar surface area (TPSA) is 24.9 Å². The summed E-state index contributed by atoms with van der Waals surface area (Å²) in [4.78, 5) is 5.92. The van der Waals surface area contributed by atoms with Gasteiger partial charge in [-0.1, -0.05) is 0 Å². The van der Waals surface area contributed by atoms with E-state index >= 15 is 0 Å². The number of fused-ring (bicyclic) bond motifs is 1. The van der Waals surface area contributed by atoms with Crippen LogP contribution in [0, 0.1) is 5.82 Å². The summed E-state index contributed by atoms with van der Waals surface area (Å²) in [5, 5.41) is 4.30. The highest BCUT2D eigenvalue weighted by Gasteiger charge is 2.16. The highest BCUT2D eigenvalue weighted by molar-refractivity contribution is 9.10. The van der Waals surface area contributed by atoms with Gasteiger partial charge in [-0.25, -0.2) is 9.37 Å². The van der Waals surface area contributed by atoms with Crippen molar-refractivity contribution in [3.05, 3.63) is 39.1 Å². The molecule has 0 spiro atoms. The summed E-state index contributed by atoms with van der Waals surface area (Å²) in [6.07, 6.45) is 0.980. The molecule has 88 valence electrons. The molecule has 0 unspecified atom stereocenters. The molecule has 17 heavy (non-hydrogen) atoms. The van der Waals surface area contributed by atoms with Crippen molar-refractivity contribution < 1.29 is 4.39 Å². The summed E-state index contributed by atoms with van der Waals surface area (Å²) >= 11 is 4.89. The third-order valence-corrected chi connectivity index (χ3v) is 4.52. The number of halogens is 2. The zero-order valence-electron chi connectivity index (χ0n) is 8.96. The van der Waals surface area contributed by atoms with Crippen LogP contribution in [0.1, 0.15) is 10.6 Å². The monoisotopic (exact) mass is 312 g/mol. The Morgan fingerprint density at radius 2 is 2.29 bits per heavy atom. The van der Waals surface area contributed by atoms with Crippen molar-refractivity contribution in [2.75, 3.05) is 6.54 Å². The van der Waals surface area contributed by atoms with Crippen LogP contribution >= 0.6 is 27.3 Å². The third kappa shape index (κ3) is 2.14. The van der Waals surface area contributed by atoms with Gasteiger partial charge in [-0.3, -0.25) is 0 Å². The van der Waals surface area contributed by atoms with Gasteiger partial charge in [0.1, 0.15) is 10.8 Å². The first-order valence-electron chi connectivity index (χ1n) is 5.39. The highest BCUT2D eigenvalue weighted by Crippen LogP contribution is 2.31. The second-order valence-corrected chi connectivity index (χ2v) is 5.88. The molecule has 1 N–H and O–H groups in total. The lowest BCUT2D eigenvalue weighted by Gasteiger charge is -2.09. The minimum atomic E-state index is -0.239. The minimum Gasteiger partial charge on any atom is -0.311 e. The molecule has 0 amide bonds. The summed E-state index contributed by atoms with van der Waals surface area (Å²) < 4.78 is 13.7. The molecular weight excluding hydrogens is 303 g/mol. The van der Waals surface area contributed by atoms with Gasteiger partial charge in [0.05, 0.1) is 10.2 Å². The number of hydrogen-bond donors (Lipinski definition) is 1. The Labute approximate surface area is 111 Å². The molecule has 1 aliphatic rings. The first-order valence-corrected chi connectivity index (χ1v) is 7.00. The molecule has 0 saturated carbocycles. The number of rotatable bonds is 1. The zero-order chi connectivity index (χ0) is 11.8. The molecule has 0 radical (unpaired) electrons. The SMILES string of the molecule is Fc1ccc(-c2nc3c(s2)CNCC3)cc1Br. The third-order valence-electron chi connectivity index (χ3n) is 2.77. The smallest absolute Gasteiger partial charge is 0.137 e. The molecule has 5 heteroatoms. The molecule has 0 fully saturated rings.